The van der Waals surface area contributed by atoms with E-state index in [1.807, 2.05) is 32.9 Å². The molecule has 0 radical (unpaired) electrons. The minimum atomic E-state index is -2.53. The summed E-state index contributed by atoms with van der Waals surface area (Å²) in [4.78, 5) is 13.3. The summed E-state index contributed by atoms with van der Waals surface area (Å²) in [5.41, 5.74) is 3.87. The molecule has 0 spiro atoms. The Morgan fingerprint density at radius 1 is 1.15 bits per heavy atom. The highest BCUT2D eigenvalue weighted by atomic mass is 19.3. The summed E-state index contributed by atoms with van der Waals surface area (Å²) in [5, 5.41) is 6.54. The van der Waals surface area contributed by atoms with Gasteiger partial charge in [-0.3, -0.25) is 4.98 Å². The molecule has 0 bridgehead atoms. The fraction of sp³-hybridized carbons (Fsp3) is 0.526. The molecule has 2 N–H and O–H groups in total. The summed E-state index contributed by atoms with van der Waals surface area (Å²) in [6.07, 6.45) is 2.53. The monoisotopic (exact) mass is 361 g/mol. The number of rotatable bonds is 5. The highest BCUT2D eigenvalue weighted by molar-refractivity contribution is 5.50. The average Bonchev–Trinajstić information content (AvgIpc) is 2.59. The zero-order chi connectivity index (χ0) is 18.7. The van der Waals surface area contributed by atoms with Crippen LogP contribution in [-0.4, -0.2) is 26.9 Å². The predicted octanol–water partition coefficient (Wildman–Crippen LogP) is 4.40. The lowest BCUT2D eigenvalue weighted by Gasteiger charge is -2.29. The van der Waals surface area contributed by atoms with E-state index in [9.17, 15) is 8.78 Å². The molecule has 2 aromatic rings. The first kappa shape index (κ1) is 18.5. The van der Waals surface area contributed by atoms with Gasteiger partial charge in [-0.2, -0.15) is 4.98 Å². The Labute approximate surface area is 152 Å². The number of alkyl halides is 2. The molecule has 140 valence electrons. The van der Waals surface area contributed by atoms with Gasteiger partial charge in [-0.05, 0) is 51.3 Å². The number of pyridine rings is 1. The first-order valence-electron chi connectivity index (χ1n) is 8.97. The molecule has 2 heterocycles. The van der Waals surface area contributed by atoms with E-state index in [0.717, 1.165) is 22.5 Å². The number of halogens is 2. The third-order valence-corrected chi connectivity index (χ3v) is 4.85. The number of nitrogens with one attached hydrogen (secondary N) is 2. The van der Waals surface area contributed by atoms with Gasteiger partial charge in [0.15, 0.2) is 0 Å². The van der Waals surface area contributed by atoms with Crippen LogP contribution in [0, 0.1) is 20.8 Å². The minimum Gasteiger partial charge on any atom is -0.367 e. The predicted molar refractivity (Wildman–Crippen MR) is 98.6 cm³/mol. The van der Waals surface area contributed by atoms with Gasteiger partial charge in [0, 0.05) is 36.3 Å². The van der Waals surface area contributed by atoms with Crippen LogP contribution in [-0.2, 0) is 6.54 Å². The van der Waals surface area contributed by atoms with Crippen LogP contribution in [0.25, 0.3) is 0 Å². The van der Waals surface area contributed by atoms with E-state index in [1.54, 1.807) is 6.20 Å². The second-order valence-corrected chi connectivity index (χ2v) is 7.06. The van der Waals surface area contributed by atoms with Crippen molar-refractivity contribution in [3.63, 3.8) is 0 Å². The lowest BCUT2D eigenvalue weighted by molar-refractivity contribution is -0.0361. The minimum absolute atomic E-state index is 0.0221. The summed E-state index contributed by atoms with van der Waals surface area (Å²) in [6, 6.07) is 3.98. The second-order valence-electron chi connectivity index (χ2n) is 7.06. The molecule has 2 aromatic heterocycles. The van der Waals surface area contributed by atoms with Crippen LogP contribution < -0.4 is 10.6 Å². The number of nitrogens with zero attached hydrogens (tertiary/aromatic N) is 3. The van der Waals surface area contributed by atoms with Gasteiger partial charge in [0.1, 0.15) is 5.82 Å². The summed E-state index contributed by atoms with van der Waals surface area (Å²) in [5.74, 6) is -1.30. The highest BCUT2D eigenvalue weighted by Gasteiger charge is 2.35. The van der Waals surface area contributed by atoms with Gasteiger partial charge >= 0.3 is 0 Å². The van der Waals surface area contributed by atoms with Gasteiger partial charge in [0.05, 0.1) is 12.2 Å². The van der Waals surface area contributed by atoms with Crippen molar-refractivity contribution in [2.75, 3.05) is 10.6 Å². The van der Waals surface area contributed by atoms with Crippen LogP contribution >= 0.6 is 0 Å². The van der Waals surface area contributed by atoms with E-state index in [-0.39, 0.29) is 18.9 Å². The van der Waals surface area contributed by atoms with Crippen LogP contribution in [0.3, 0.4) is 0 Å². The van der Waals surface area contributed by atoms with Gasteiger partial charge < -0.3 is 10.6 Å². The number of hydrogen-bond donors (Lipinski definition) is 2. The molecule has 0 amide bonds. The fourth-order valence-electron chi connectivity index (χ4n) is 3.09. The fourth-order valence-corrected chi connectivity index (χ4v) is 3.09. The Hall–Kier alpha value is -2.31. The summed E-state index contributed by atoms with van der Waals surface area (Å²) < 4.78 is 26.7. The molecule has 0 saturated heterocycles. The largest absolute Gasteiger partial charge is 0.367 e. The zero-order valence-corrected chi connectivity index (χ0v) is 15.4. The molecular formula is C19H25F2N5. The normalized spacial score (nSPS) is 17.1. The summed E-state index contributed by atoms with van der Waals surface area (Å²) >= 11 is 0. The second kappa shape index (κ2) is 7.51. The molecule has 0 aliphatic heterocycles. The standard InChI is InChI=1S/C19H25F2N5/c1-12-6-9-22-16(10-12)11-23-18-24-14(3)13(2)17(26-18)25-15-4-7-19(20,21)8-5-15/h6,9-10,15H,4-5,7-8,11H2,1-3H3,(H2,23,24,25,26). The molecule has 5 nitrogen and oxygen atoms in total. The van der Waals surface area contributed by atoms with E-state index in [2.05, 4.69) is 25.6 Å². The van der Waals surface area contributed by atoms with Crippen molar-refractivity contribution in [1.82, 2.24) is 15.0 Å². The van der Waals surface area contributed by atoms with Crippen molar-refractivity contribution in [2.24, 2.45) is 0 Å². The van der Waals surface area contributed by atoms with Crippen molar-refractivity contribution < 1.29 is 8.78 Å². The van der Waals surface area contributed by atoms with E-state index < -0.39 is 5.92 Å². The molecule has 1 aliphatic rings. The van der Waals surface area contributed by atoms with E-state index in [1.165, 1.54) is 0 Å². The molecule has 1 aliphatic carbocycles. The van der Waals surface area contributed by atoms with E-state index >= 15 is 0 Å². The summed E-state index contributed by atoms with van der Waals surface area (Å²) in [6.45, 7) is 6.42. The number of hydrogen-bond acceptors (Lipinski definition) is 5. The average molecular weight is 361 g/mol. The van der Waals surface area contributed by atoms with Crippen molar-refractivity contribution in [3.8, 4) is 0 Å². The van der Waals surface area contributed by atoms with Crippen molar-refractivity contribution >= 4 is 11.8 Å². The van der Waals surface area contributed by atoms with Crippen LogP contribution in [0.5, 0.6) is 0 Å². The maximum absolute atomic E-state index is 13.3. The SMILES string of the molecule is Cc1ccnc(CNc2nc(C)c(C)c(NC3CCC(F)(F)CC3)n2)c1. The maximum atomic E-state index is 13.3. The molecule has 3 rings (SSSR count). The van der Waals surface area contributed by atoms with E-state index in [4.69, 9.17) is 0 Å². The Balaban J connectivity index is 1.68. The van der Waals surface area contributed by atoms with E-state index in [0.29, 0.717) is 31.2 Å². The number of aromatic nitrogens is 3. The van der Waals surface area contributed by atoms with Gasteiger partial charge in [-0.25, -0.2) is 13.8 Å². The quantitative estimate of drug-likeness (QED) is 0.826. The molecule has 1 saturated carbocycles. The van der Waals surface area contributed by atoms with Crippen molar-refractivity contribution in [2.45, 2.75) is 65.0 Å². The third kappa shape index (κ3) is 4.65. The van der Waals surface area contributed by atoms with Crippen molar-refractivity contribution in [1.29, 1.82) is 0 Å². The smallest absolute Gasteiger partial charge is 0.248 e. The lowest BCUT2D eigenvalue weighted by Crippen LogP contribution is -2.32. The Bertz CT molecular complexity index is 769. The molecule has 7 heteroatoms. The number of aryl methyl sites for hydroxylation is 2. The zero-order valence-electron chi connectivity index (χ0n) is 15.4. The Kier molecular flexibility index (Phi) is 5.34. The molecule has 1 fully saturated rings. The topological polar surface area (TPSA) is 62.7 Å². The van der Waals surface area contributed by atoms with Gasteiger partial charge in [-0.1, -0.05) is 0 Å². The molecule has 26 heavy (non-hydrogen) atoms. The van der Waals surface area contributed by atoms with Crippen LogP contribution in [0.2, 0.25) is 0 Å². The van der Waals surface area contributed by atoms with Crippen LogP contribution in [0.1, 0.15) is 48.2 Å². The lowest BCUT2D eigenvalue weighted by atomic mass is 9.92. The highest BCUT2D eigenvalue weighted by Crippen LogP contribution is 2.34. The van der Waals surface area contributed by atoms with Crippen molar-refractivity contribution in [3.05, 3.63) is 40.8 Å². The molecular weight excluding hydrogens is 336 g/mol. The maximum Gasteiger partial charge on any atom is 0.248 e. The van der Waals surface area contributed by atoms with Gasteiger partial charge in [0.25, 0.3) is 0 Å². The van der Waals surface area contributed by atoms with Crippen LogP contribution in [0.4, 0.5) is 20.5 Å². The molecule has 0 atom stereocenters. The molecule has 0 unspecified atom stereocenters. The van der Waals surface area contributed by atoms with Crippen LogP contribution in [0.15, 0.2) is 18.3 Å². The molecule has 0 aromatic carbocycles. The van der Waals surface area contributed by atoms with Gasteiger partial charge in [-0.15, -0.1) is 0 Å². The Morgan fingerprint density at radius 3 is 2.58 bits per heavy atom. The first-order valence-corrected chi connectivity index (χ1v) is 8.97. The summed E-state index contributed by atoms with van der Waals surface area (Å²) in [7, 11) is 0. The third-order valence-electron chi connectivity index (χ3n) is 4.85. The van der Waals surface area contributed by atoms with Gasteiger partial charge in [0.2, 0.25) is 11.9 Å². The number of anilines is 2. The first-order chi connectivity index (χ1) is 12.3. The Morgan fingerprint density at radius 2 is 1.88 bits per heavy atom.